The molecule has 5 nitrogen and oxygen atoms in total. The second-order valence-corrected chi connectivity index (χ2v) is 4.56. The third kappa shape index (κ3) is 4.74. The highest BCUT2D eigenvalue weighted by Gasteiger charge is 2.17. The lowest BCUT2D eigenvalue weighted by Crippen LogP contribution is -2.30. The van der Waals surface area contributed by atoms with Crippen LogP contribution in [0.4, 0.5) is 8.78 Å². The van der Waals surface area contributed by atoms with E-state index in [1.54, 1.807) is 26.0 Å². The van der Waals surface area contributed by atoms with Crippen molar-refractivity contribution in [3.63, 3.8) is 0 Å². The SMILES string of the molecule is COc1cccc(/C=C(\C#N)C(=O)NC(C)C)c1OC(F)F. The predicted octanol–water partition coefficient (Wildman–Crippen LogP) is 2.73. The van der Waals surface area contributed by atoms with Crippen molar-refractivity contribution in [2.75, 3.05) is 7.11 Å². The van der Waals surface area contributed by atoms with Crippen LogP contribution in [0.15, 0.2) is 23.8 Å². The van der Waals surface area contributed by atoms with E-state index < -0.39 is 12.5 Å². The van der Waals surface area contributed by atoms with Gasteiger partial charge in [0.1, 0.15) is 11.6 Å². The van der Waals surface area contributed by atoms with Gasteiger partial charge in [0.05, 0.1) is 7.11 Å². The van der Waals surface area contributed by atoms with Gasteiger partial charge in [0.15, 0.2) is 11.5 Å². The fraction of sp³-hybridized carbons (Fsp3) is 0.333. The fourth-order valence-corrected chi connectivity index (χ4v) is 1.67. The Kier molecular flexibility index (Phi) is 6.32. The molecule has 0 radical (unpaired) electrons. The molecule has 0 atom stereocenters. The zero-order valence-electron chi connectivity index (χ0n) is 12.4. The molecule has 22 heavy (non-hydrogen) atoms. The summed E-state index contributed by atoms with van der Waals surface area (Å²) in [5.74, 6) is -0.746. The zero-order valence-corrected chi connectivity index (χ0v) is 12.4. The third-order valence-electron chi connectivity index (χ3n) is 2.52. The van der Waals surface area contributed by atoms with E-state index in [0.29, 0.717) is 0 Å². The number of ether oxygens (including phenoxy) is 2. The topological polar surface area (TPSA) is 71.3 Å². The van der Waals surface area contributed by atoms with Gasteiger partial charge in [0.25, 0.3) is 5.91 Å². The largest absolute Gasteiger partial charge is 0.493 e. The maximum absolute atomic E-state index is 12.5. The fourth-order valence-electron chi connectivity index (χ4n) is 1.67. The highest BCUT2D eigenvalue weighted by molar-refractivity contribution is 6.02. The van der Waals surface area contributed by atoms with E-state index in [9.17, 15) is 13.6 Å². The lowest BCUT2D eigenvalue weighted by Gasteiger charge is -2.13. The van der Waals surface area contributed by atoms with Crippen molar-refractivity contribution in [2.45, 2.75) is 26.5 Å². The Balaban J connectivity index is 3.27. The molecule has 1 aromatic rings. The molecule has 0 aliphatic heterocycles. The van der Waals surface area contributed by atoms with Gasteiger partial charge in [0.2, 0.25) is 0 Å². The Labute approximate surface area is 127 Å². The minimum absolute atomic E-state index is 0.0793. The van der Waals surface area contributed by atoms with E-state index in [-0.39, 0.29) is 28.7 Å². The molecule has 1 rings (SSSR count). The van der Waals surface area contributed by atoms with E-state index in [1.807, 2.05) is 0 Å². The average molecular weight is 310 g/mol. The van der Waals surface area contributed by atoms with Crippen LogP contribution in [0.3, 0.4) is 0 Å². The van der Waals surface area contributed by atoms with Gasteiger partial charge in [-0.25, -0.2) is 0 Å². The minimum atomic E-state index is -3.06. The molecule has 0 saturated carbocycles. The van der Waals surface area contributed by atoms with Gasteiger partial charge < -0.3 is 14.8 Å². The molecule has 0 unspecified atom stereocenters. The number of hydrogen-bond donors (Lipinski definition) is 1. The molecule has 1 amide bonds. The van der Waals surface area contributed by atoms with Gasteiger partial charge >= 0.3 is 6.61 Å². The quantitative estimate of drug-likeness (QED) is 0.648. The molecule has 1 N–H and O–H groups in total. The van der Waals surface area contributed by atoms with Crippen molar-refractivity contribution >= 4 is 12.0 Å². The summed E-state index contributed by atoms with van der Waals surface area (Å²) in [5.41, 5.74) is -0.0730. The molecule has 0 heterocycles. The van der Waals surface area contributed by atoms with Crippen molar-refractivity contribution in [1.82, 2.24) is 5.32 Å². The Morgan fingerprint density at radius 1 is 1.41 bits per heavy atom. The maximum Gasteiger partial charge on any atom is 0.387 e. The van der Waals surface area contributed by atoms with Crippen molar-refractivity contribution < 1.29 is 23.0 Å². The number of benzene rings is 1. The first kappa shape index (κ1) is 17.4. The third-order valence-corrected chi connectivity index (χ3v) is 2.52. The first-order chi connectivity index (χ1) is 10.4. The predicted molar refractivity (Wildman–Crippen MR) is 76.5 cm³/mol. The van der Waals surface area contributed by atoms with Crippen LogP contribution in [0, 0.1) is 11.3 Å². The van der Waals surface area contributed by atoms with E-state index in [0.717, 1.165) is 0 Å². The number of para-hydroxylation sites is 1. The van der Waals surface area contributed by atoms with E-state index in [2.05, 4.69) is 10.1 Å². The molecule has 0 aliphatic carbocycles. The van der Waals surface area contributed by atoms with Gasteiger partial charge in [-0.15, -0.1) is 0 Å². The molecule has 0 spiro atoms. The van der Waals surface area contributed by atoms with Crippen LogP contribution in [0.25, 0.3) is 6.08 Å². The second kappa shape index (κ2) is 7.98. The van der Waals surface area contributed by atoms with Crippen LogP contribution in [0.5, 0.6) is 11.5 Å². The Morgan fingerprint density at radius 3 is 2.59 bits per heavy atom. The van der Waals surface area contributed by atoms with Crippen molar-refractivity contribution in [1.29, 1.82) is 5.26 Å². The molecule has 7 heteroatoms. The van der Waals surface area contributed by atoms with Gasteiger partial charge in [-0.3, -0.25) is 4.79 Å². The van der Waals surface area contributed by atoms with Crippen LogP contribution in [0.2, 0.25) is 0 Å². The first-order valence-electron chi connectivity index (χ1n) is 6.43. The van der Waals surface area contributed by atoms with Crippen LogP contribution in [-0.4, -0.2) is 25.7 Å². The van der Waals surface area contributed by atoms with Crippen LogP contribution < -0.4 is 14.8 Å². The zero-order chi connectivity index (χ0) is 16.7. The summed E-state index contributed by atoms with van der Waals surface area (Å²) in [5, 5.41) is 11.6. The number of amides is 1. The summed E-state index contributed by atoms with van der Waals surface area (Å²) >= 11 is 0. The van der Waals surface area contributed by atoms with Gasteiger partial charge in [-0.2, -0.15) is 14.0 Å². The minimum Gasteiger partial charge on any atom is -0.493 e. The van der Waals surface area contributed by atoms with Crippen LogP contribution in [0.1, 0.15) is 19.4 Å². The number of nitrogens with one attached hydrogen (secondary N) is 1. The molecule has 118 valence electrons. The Hall–Kier alpha value is -2.62. The van der Waals surface area contributed by atoms with Crippen molar-refractivity contribution in [2.24, 2.45) is 0 Å². The molecular weight excluding hydrogens is 294 g/mol. The number of alkyl halides is 2. The summed E-state index contributed by atoms with van der Waals surface area (Å²) < 4.78 is 34.4. The van der Waals surface area contributed by atoms with Crippen LogP contribution in [-0.2, 0) is 4.79 Å². The van der Waals surface area contributed by atoms with E-state index >= 15 is 0 Å². The Morgan fingerprint density at radius 2 is 2.09 bits per heavy atom. The highest BCUT2D eigenvalue weighted by Crippen LogP contribution is 2.33. The molecule has 0 saturated heterocycles. The summed E-state index contributed by atoms with van der Waals surface area (Å²) in [7, 11) is 1.30. The standard InChI is InChI=1S/C15H16F2N2O3/c1-9(2)19-14(20)11(8-18)7-10-5-4-6-12(21-3)13(10)22-15(16)17/h4-7,9,15H,1-3H3,(H,19,20)/b11-7+. The number of methoxy groups -OCH3 is 1. The summed E-state index contributed by atoms with van der Waals surface area (Å²) in [4.78, 5) is 11.9. The molecule has 1 aromatic carbocycles. The van der Waals surface area contributed by atoms with Gasteiger partial charge in [0, 0.05) is 11.6 Å². The number of halogens is 2. The molecular formula is C15H16F2N2O3. The molecule has 0 fully saturated rings. The number of hydrogen-bond acceptors (Lipinski definition) is 4. The second-order valence-electron chi connectivity index (χ2n) is 4.56. The van der Waals surface area contributed by atoms with Crippen molar-refractivity contribution in [3.05, 3.63) is 29.3 Å². The number of nitrogens with zero attached hydrogens (tertiary/aromatic N) is 1. The van der Waals surface area contributed by atoms with Crippen LogP contribution >= 0.6 is 0 Å². The van der Waals surface area contributed by atoms with Crippen molar-refractivity contribution in [3.8, 4) is 17.6 Å². The normalized spacial score (nSPS) is 11.3. The molecule has 0 bridgehead atoms. The number of carbonyl (C=O) groups excluding carboxylic acids is 1. The van der Waals surface area contributed by atoms with Gasteiger partial charge in [-0.05, 0) is 26.0 Å². The smallest absolute Gasteiger partial charge is 0.387 e. The highest BCUT2D eigenvalue weighted by atomic mass is 19.3. The Bertz CT molecular complexity index is 607. The van der Waals surface area contributed by atoms with E-state index in [1.165, 1.54) is 25.3 Å². The number of carbonyl (C=O) groups is 1. The van der Waals surface area contributed by atoms with E-state index in [4.69, 9.17) is 10.00 Å². The number of nitriles is 1. The summed E-state index contributed by atoms with van der Waals surface area (Å²) in [6.07, 6.45) is 1.18. The lowest BCUT2D eigenvalue weighted by molar-refractivity contribution is -0.117. The summed E-state index contributed by atoms with van der Waals surface area (Å²) in [6, 6.07) is 6.00. The maximum atomic E-state index is 12.5. The number of rotatable bonds is 6. The first-order valence-corrected chi connectivity index (χ1v) is 6.43. The molecule has 0 aromatic heterocycles. The lowest BCUT2D eigenvalue weighted by atomic mass is 10.1. The average Bonchev–Trinajstić information content (AvgIpc) is 2.44. The summed E-state index contributed by atoms with van der Waals surface area (Å²) in [6.45, 7) is 0.423. The monoisotopic (exact) mass is 310 g/mol. The molecule has 0 aliphatic rings. The van der Waals surface area contributed by atoms with Gasteiger partial charge in [-0.1, -0.05) is 12.1 Å².